The Balaban J connectivity index is 1.83. The van der Waals surface area contributed by atoms with Crippen molar-refractivity contribution in [3.05, 3.63) is 137 Å². The fourth-order valence-electron chi connectivity index (χ4n) is 6.02. The average Bonchev–Trinajstić information content (AvgIpc) is 2.95. The van der Waals surface area contributed by atoms with E-state index in [4.69, 9.17) is 4.99 Å². The number of rotatable bonds is 6. The van der Waals surface area contributed by atoms with E-state index in [1.165, 1.54) is 36.0 Å². The van der Waals surface area contributed by atoms with Crippen molar-refractivity contribution in [3.8, 4) is 5.75 Å². The zero-order chi connectivity index (χ0) is 26.6. The maximum Gasteiger partial charge on any atom is 0.128 e. The Morgan fingerprint density at radius 1 is 0.658 bits per heavy atom. The normalized spacial score (nSPS) is 15.1. The van der Waals surface area contributed by atoms with Crippen LogP contribution in [-0.4, -0.2) is 17.4 Å². The van der Waals surface area contributed by atoms with Crippen LogP contribution in [0.4, 0.5) is 0 Å². The van der Waals surface area contributed by atoms with Gasteiger partial charge < -0.3 is 5.11 Å². The van der Waals surface area contributed by atoms with Crippen LogP contribution in [0.15, 0.2) is 108 Å². The third kappa shape index (κ3) is 5.05. The number of aliphatic imine (C=N–C) groups is 1. The average molecular weight is 502 g/mol. The lowest BCUT2D eigenvalue weighted by molar-refractivity contribution is 0.441. The van der Waals surface area contributed by atoms with Gasteiger partial charge in [-0.15, -0.1) is 0 Å². The molecule has 0 spiro atoms. The lowest BCUT2D eigenvalue weighted by Gasteiger charge is -2.38. The van der Waals surface area contributed by atoms with Gasteiger partial charge in [-0.1, -0.05) is 131 Å². The summed E-state index contributed by atoms with van der Waals surface area (Å²) >= 11 is 0. The second kappa shape index (κ2) is 11.0. The minimum Gasteiger partial charge on any atom is -0.507 e. The molecule has 1 aliphatic rings. The van der Waals surface area contributed by atoms with Crippen LogP contribution < -0.4 is 0 Å². The van der Waals surface area contributed by atoms with Crippen LogP contribution in [0.3, 0.4) is 0 Å². The summed E-state index contributed by atoms with van der Waals surface area (Å²) in [5.41, 5.74) is 5.63. The number of phenolic OH excluding ortho intramolecular Hbond substituents is 1. The van der Waals surface area contributed by atoms with Crippen LogP contribution in [0.5, 0.6) is 5.75 Å². The van der Waals surface area contributed by atoms with Gasteiger partial charge in [0, 0.05) is 23.4 Å². The molecule has 38 heavy (non-hydrogen) atoms. The van der Waals surface area contributed by atoms with Gasteiger partial charge in [-0.2, -0.15) is 0 Å². The molecule has 1 aliphatic carbocycles. The zero-order valence-corrected chi connectivity index (χ0v) is 22.9. The fourth-order valence-corrected chi connectivity index (χ4v) is 6.02. The Kier molecular flexibility index (Phi) is 7.51. The zero-order valence-electron chi connectivity index (χ0n) is 22.9. The molecule has 5 rings (SSSR count). The van der Waals surface area contributed by atoms with Gasteiger partial charge >= 0.3 is 0 Å². The maximum atomic E-state index is 11.6. The molecule has 0 aromatic heterocycles. The lowest BCUT2D eigenvalue weighted by atomic mass is 9.64. The highest BCUT2D eigenvalue weighted by Gasteiger charge is 2.39. The Morgan fingerprint density at radius 2 is 1.13 bits per heavy atom. The van der Waals surface area contributed by atoms with E-state index < -0.39 is 5.41 Å². The topological polar surface area (TPSA) is 32.6 Å². The summed E-state index contributed by atoms with van der Waals surface area (Å²) in [5, 5.41) is 11.6. The van der Waals surface area contributed by atoms with Crippen molar-refractivity contribution in [2.24, 2.45) is 4.99 Å². The van der Waals surface area contributed by atoms with E-state index in [1.807, 2.05) is 6.21 Å². The molecule has 2 heteroatoms. The highest BCUT2D eigenvalue weighted by Crippen LogP contribution is 2.47. The smallest absolute Gasteiger partial charge is 0.128 e. The molecule has 4 aromatic rings. The Bertz CT molecular complexity index is 1270. The largest absolute Gasteiger partial charge is 0.507 e. The van der Waals surface area contributed by atoms with Crippen LogP contribution in [0.1, 0.15) is 86.3 Å². The first kappa shape index (κ1) is 26.0. The van der Waals surface area contributed by atoms with Gasteiger partial charge in [0.15, 0.2) is 0 Å². The van der Waals surface area contributed by atoms with Crippen molar-refractivity contribution in [1.82, 2.24) is 0 Å². The van der Waals surface area contributed by atoms with Crippen LogP contribution in [0.25, 0.3) is 0 Å². The maximum absolute atomic E-state index is 11.6. The molecule has 0 unspecified atom stereocenters. The summed E-state index contributed by atoms with van der Waals surface area (Å²) in [4.78, 5) is 4.99. The van der Waals surface area contributed by atoms with Gasteiger partial charge in [0.1, 0.15) is 5.75 Å². The van der Waals surface area contributed by atoms with Crippen molar-refractivity contribution in [1.29, 1.82) is 0 Å². The van der Waals surface area contributed by atoms with E-state index in [-0.39, 0.29) is 5.41 Å². The van der Waals surface area contributed by atoms with Crippen LogP contribution >= 0.6 is 0 Å². The fraction of sp³-hybridized carbons (Fsp3) is 0.306. The highest BCUT2D eigenvalue weighted by molar-refractivity contribution is 5.85. The monoisotopic (exact) mass is 501 g/mol. The molecule has 0 amide bonds. The summed E-state index contributed by atoms with van der Waals surface area (Å²) in [5.74, 6) is 0.337. The van der Waals surface area contributed by atoms with E-state index in [2.05, 4.69) is 124 Å². The van der Waals surface area contributed by atoms with Gasteiger partial charge in [0.05, 0.1) is 5.41 Å². The predicted octanol–water partition coefficient (Wildman–Crippen LogP) is 8.82. The number of benzene rings is 4. The van der Waals surface area contributed by atoms with E-state index in [0.29, 0.717) is 11.8 Å². The number of hydrogen-bond donors (Lipinski definition) is 1. The predicted molar refractivity (Wildman–Crippen MR) is 160 cm³/mol. The van der Waals surface area contributed by atoms with Crippen molar-refractivity contribution in [2.45, 2.75) is 69.7 Å². The summed E-state index contributed by atoms with van der Waals surface area (Å²) in [7, 11) is 0. The number of hydrogen-bond acceptors (Lipinski definition) is 2. The quantitative estimate of drug-likeness (QED) is 0.208. The molecule has 0 saturated heterocycles. The molecule has 0 heterocycles. The summed E-state index contributed by atoms with van der Waals surface area (Å²) in [6.45, 7) is 6.51. The van der Waals surface area contributed by atoms with Crippen LogP contribution in [-0.2, 0) is 10.8 Å². The molecule has 0 atom stereocenters. The second-order valence-electron chi connectivity index (χ2n) is 11.6. The Hall–Kier alpha value is -3.65. The van der Waals surface area contributed by atoms with E-state index >= 15 is 0 Å². The molecular weight excluding hydrogens is 462 g/mol. The minimum atomic E-state index is -0.565. The second-order valence-corrected chi connectivity index (χ2v) is 11.6. The lowest BCUT2D eigenvalue weighted by Crippen LogP contribution is -2.32. The van der Waals surface area contributed by atoms with Crippen molar-refractivity contribution in [3.63, 3.8) is 0 Å². The number of phenols is 1. The van der Waals surface area contributed by atoms with Gasteiger partial charge in [-0.25, -0.2) is 0 Å². The Morgan fingerprint density at radius 3 is 1.58 bits per heavy atom. The molecule has 0 bridgehead atoms. The Labute approximate surface area is 228 Å². The molecule has 0 aliphatic heterocycles. The van der Waals surface area contributed by atoms with Gasteiger partial charge in [-0.3, -0.25) is 4.99 Å². The summed E-state index contributed by atoms with van der Waals surface area (Å²) < 4.78 is 0. The molecule has 1 saturated carbocycles. The molecule has 2 nitrogen and oxygen atoms in total. The first-order valence-electron chi connectivity index (χ1n) is 14.0. The third-order valence-corrected chi connectivity index (χ3v) is 8.00. The molecule has 4 aromatic carbocycles. The van der Waals surface area contributed by atoms with Crippen LogP contribution in [0, 0.1) is 0 Å². The summed E-state index contributed by atoms with van der Waals surface area (Å²) in [6.07, 6.45) is 7.97. The number of aromatic hydroxyl groups is 1. The summed E-state index contributed by atoms with van der Waals surface area (Å²) in [6, 6.07) is 37.0. The SMILES string of the molecule is CC(C)(C)c1cc(C(c2ccccc2)(c2ccccc2)c2ccccc2)cc(C=NC2CCCCC2)c1O. The standard InChI is InChI=1S/C36H39NO/c1-35(2,3)33-25-31(24-27(34(33)38)26-37-32-22-14-7-15-23-32)36(28-16-8-4-9-17-28,29-18-10-5-11-19-29)30-20-12-6-13-21-30/h4-6,8-13,16-21,24-26,32,38H,7,14-15,22-23H2,1-3H3. The van der Waals surface area contributed by atoms with Crippen molar-refractivity contribution in [2.75, 3.05) is 0 Å². The van der Waals surface area contributed by atoms with E-state index in [0.717, 1.165) is 29.5 Å². The van der Waals surface area contributed by atoms with Gasteiger partial charge in [-0.05, 0) is 52.6 Å². The molecule has 194 valence electrons. The van der Waals surface area contributed by atoms with Crippen molar-refractivity contribution < 1.29 is 5.11 Å². The molecule has 0 radical (unpaired) electrons. The van der Waals surface area contributed by atoms with Gasteiger partial charge in [0.2, 0.25) is 0 Å². The third-order valence-electron chi connectivity index (χ3n) is 8.00. The van der Waals surface area contributed by atoms with Crippen LogP contribution in [0.2, 0.25) is 0 Å². The van der Waals surface area contributed by atoms with Crippen molar-refractivity contribution >= 4 is 6.21 Å². The molecule has 1 fully saturated rings. The van der Waals surface area contributed by atoms with Gasteiger partial charge in [0.25, 0.3) is 0 Å². The highest BCUT2D eigenvalue weighted by atomic mass is 16.3. The first-order valence-corrected chi connectivity index (χ1v) is 14.0. The molecular formula is C36H39NO. The molecule has 1 N–H and O–H groups in total. The number of nitrogens with zero attached hydrogens (tertiary/aromatic N) is 1. The van der Waals surface area contributed by atoms with E-state index in [1.54, 1.807) is 0 Å². The van der Waals surface area contributed by atoms with E-state index in [9.17, 15) is 5.11 Å². The first-order chi connectivity index (χ1) is 18.4. The minimum absolute atomic E-state index is 0.247.